The minimum Gasteiger partial charge on any atom is -0.206 e. The number of rotatable bonds is 1. The molecule has 0 aliphatic heterocycles. The lowest BCUT2D eigenvalue weighted by Crippen LogP contribution is -2.02. The van der Waals surface area contributed by atoms with Gasteiger partial charge in [0.1, 0.15) is 0 Å². The van der Waals surface area contributed by atoms with Crippen LogP contribution in [0.1, 0.15) is 16.7 Å². The van der Waals surface area contributed by atoms with E-state index < -0.39 is 10.0 Å². The molecule has 3 nitrogen and oxygen atoms in total. The molecule has 1 rings (SSSR count). The second-order valence-electron chi connectivity index (χ2n) is 3.19. The van der Waals surface area contributed by atoms with Crippen LogP contribution in [-0.4, -0.2) is 8.42 Å². The van der Waals surface area contributed by atoms with Gasteiger partial charge in [0.05, 0.1) is 4.90 Å². The first-order chi connectivity index (χ1) is 5.82. The highest BCUT2D eigenvalue weighted by atomic mass is 32.2. The number of benzene rings is 1. The van der Waals surface area contributed by atoms with E-state index in [1.165, 1.54) is 12.1 Å². The van der Waals surface area contributed by atoms with E-state index in [1.54, 1.807) is 0 Å². The van der Waals surface area contributed by atoms with Crippen molar-refractivity contribution < 1.29 is 8.42 Å². The third-order valence-electron chi connectivity index (χ3n) is 2.21. The molecule has 0 fully saturated rings. The van der Waals surface area contributed by atoms with Gasteiger partial charge in [-0.25, -0.2) is 8.42 Å². The van der Waals surface area contributed by atoms with Crippen LogP contribution in [0.5, 0.6) is 0 Å². The van der Waals surface area contributed by atoms with Gasteiger partial charge in [-0.05, 0) is 49.6 Å². The van der Waals surface area contributed by atoms with Gasteiger partial charge in [-0.3, -0.25) is 0 Å². The Hall–Kier alpha value is -0.870. The van der Waals surface area contributed by atoms with E-state index in [0.717, 1.165) is 16.7 Å². The molecule has 4 heteroatoms. The van der Waals surface area contributed by atoms with Gasteiger partial charge in [0.2, 0.25) is 0 Å². The highest BCUT2D eigenvalue weighted by Crippen LogP contribution is 2.18. The Balaban J connectivity index is 3.47. The minimum atomic E-state index is -3.81. The quantitative estimate of drug-likeness (QED) is 0.688. The summed E-state index contributed by atoms with van der Waals surface area (Å²) in [6.45, 7) is 5.62. The van der Waals surface area contributed by atoms with Gasteiger partial charge in [0.25, 0.3) is 10.0 Å². The summed E-state index contributed by atoms with van der Waals surface area (Å²) in [6, 6.07) is 3.06. The number of sulfonamides is 1. The molecule has 0 bridgehead atoms. The SMILES string of the molecule is Cc1cc(S([NH])(=O)=O)cc(C)c1C. The van der Waals surface area contributed by atoms with Gasteiger partial charge in [0, 0.05) is 0 Å². The van der Waals surface area contributed by atoms with Crippen molar-refractivity contribution in [3.05, 3.63) is 28.8 Å². The second kappa shape index (κ2) is 3.12. The van der Waals surface area contributed by atoms with Crippen LogP contribution in [0.25, 0.3) is 0 Å². The van der Waals surface area contributed by atoms with E-state index in [9.17, 15) is 8.42 Å². The van der Waals surface area contributed by atoms with Crippen molar-refractivity contribution in [3.8, 4) is 0 Å². The minimum absolute atomic E-state index is 0.0769. The van der Waals surface area contributed by atoms with Crippen LogP contribution >= 0.6 is 0 Å². The molecule has 0 spiro atoms. The van der Waals surface area contributed by atoms with Crippen LogP contribution in [-0.2, 0) is 10.0 Å². The summed E-state index contributed by atoms with van der Waals surface area (Å²) in [6.07, 6.45) is 0. The lowest BCUT2D eigenvalue weighted by atomic mass is 10.1. The molecular weight excluding hydrogens is 186 g/mol. The monoisotopic (exact) mass is 198 g/mol. The largest absolute Gasteiger partial charge is 0.254 e. The van der Waals surface area contributed by atoms with Crippen LogP contribution in [0.15, 0.2) is 17.0 Å². The van der Waals surface area contributed by atoms with Gasteiger partial charge in [-0.2, -0.15) is 0 Å². The van der Waals surface area contributed by atoms with Crippen molar-refractivity contribution in [2.24, 2.45) is 0 Å². The normalized spacial score (nSPS) is 11.7. The summed E-state index contributed by atoms with van der Waals surface area (Å²) in [7, 11) is -3.81. The average Bonchev–Trinajstić information content (AvgIpc) is 1.97. The number of hydrogen-bond acceptors (Lipinski definition) is 2. The van der Waals surface area contributed by atoms with Gasteiger partial charge in [-0.1, -0.05) is 0 Å². The summed E-state index contributed by atoms with van der Waals surface area (Å²) in [4.78, 5) is 0.0769. The van der Waals surface area contributed by atoms with Crippen molar-refractivity contribution in [1.29, 1.82) is 0 Å². The molecule has 1 N–H and O–H groups in total. The maximum absolute atomic E-state index is 10.9. The zero-order valence-corrected chi connectivity index (χ0v) is 8.70. The zero-order chi connectivity index (χ0) is 10.2. The molecule has 0 atom stereocenters. The molecule has 71 valence electrons. The molecular formula is C9H12NO2S. The van der Waals surface area contributed by atoms with Crippen molar-refractivity contribution in [3.63, 3.8) is 0 Å². The van der Waals surface area contributed by atoms with Crippen molar-refractivity contribution in [2.75, 3.05) is 0 Å². The predicted octanol–water partition coefficient (Wildman–Crippen LogP) is 1.58. The molecule has 1 aromatic carbocycles. The number of aryl methyl sites for hydroxylation is 2. The Morgan fingerprint density at radius 2 is 1.46 bits per heavy atom. The van der Waals surface area contributed by atoms with Crippen LogP contribution in [0.4, 0.5) is 0 Å². The molecule has 0 amide bonds. The van der Waals surface area contributed by atoms with Gasteiger partial charge < -0.3 is 0 Å². The highest BCUT2D eigenvalue weighted by Gasteiger charge is 2.10. The van der Waals surface area contributed by atoms with Crippen LogP contribution in [0.2, 0.25) is 0 Å². The fourth-order valence-corrected chi connectivity index (χ4v) is 1.81. The first-order valence-electron chi connectivity index (χ1n) is 3.90. The second-order valence-corrected chi connectivity index (χ2v) is 4.66. The molecule has 0 aliphatic carbocycles. The fourth-order valence-electron chi connectivity index (χ4n) is 1.15. The summed E-state index contributed by atoms with van der Waals surface area (Å²) in [5, 5.41) is 6.91. The van der Waals surface area contributed by atoms with Gasteiger partial charge in [-0.15, -0.1) is 5.14 Å². The molecule has 0 saturated carbocycles. The topological polar surface area (TPSA) is 57.9 Å². The van der Waals surface area contributed by atoms with Gasteiger partial charge in [0.15, 0.2) is 0 Å². The first-order valence-corrected chi connectivity index (χ1v) is 5.38. The summed E-state index contributed by atoms with van der Waals surface area (Å²) in [5.41, 5.74) is 2.89. The molecule has 0 saturated heterocycles. The van der Waals surface area contributed by atoms with E-state index in [0.29, 0.717) is 0 Å². The highest BCUT2D eigenvalue weighted by molar-refractivity contribution is 7.88. The molecule has 0 aliphatic rings. The van der Waals surface area contributed by atoms with Crippen LogP contribution in [0, 0.1) is 20.8 Å². The Kier molecular flexibility index (Phi) is 2.45. The van der Waals surface area contributed by atoms with Crippen molar-refractivity contribution in [1.82, 2.24) is 5.14 Å². The maximum atomic E-state index is 10.9. The lowest BCUT2D eigenvalue weighted by Gasteiger charge is -2.06. The third kappa shape index (κ3) is 2.08. The van der Waals surface area contributed by atoms with Crippen molar-refractivity contribution in [2.45, 2.75) is 25.7 Å². The standard InChI is InChI=1S/C9H12NO2S/c1-6-4-9(13(10,11)12)5-7(2)8(6)3/h4-5,10H,1-3H3. The smallest absolute Gasteiger partial charge is 0.206 e. The van der Waals surface area contributed by atoms with E-state index in [1.807, 2.05) is 20.8 Å². The average molecular weight is 198 g/mol. The third-order valence-corrected chi connectivity index (χ3v) is 3.07. The molecule has 1 aromatic rings. The van der Waals surface area contributed by atoms with Crippen LogP contribution in [0.3, 0.4) is 0 Å². The predicted molar refractivity (Wildman–Crippen MR) is 50.9 cm³/mol. The van der Waals surface area contributed by atoms with Crippen molar-refractivity contribution >= 4 is 10.0 Å². The Bertz CT molecular complexity index is 412. The van der Waals surface area contributed by atoms with E-state index in [4.69, 9.17) is 5.14 Å². The Labute approximate surface area is 78.6 Å². The Morgan fingerprint density at radius 3 is 1.77 bits per heavy atom. The molecule has 0 unspecified atom stereocenters. The Morgan fingerprint density at radius 1 is 1.08 bits per heavy atom. The van der Waals surface area contributed by atoms with E-state index >= 15 is 0 Å². The van der Waals surface area contributed by atoms with E-state index in [-0.39, 0.29) is 4.90 Å². The number of hydrogen-bond donors (Lipinski definition) is 0. The molecule has 0 aromatic heterocycles. The lowest BCUT2D eigenvalue weighted by molar-refractivity contribution is 0.596. The first kappa shape index (κ1) is 10.2. The van der Waals surface area contributed by atoms with E-state index in [2.05, 4.69) is 0 Å². The zero-order valence-electron chi connectivity index (χ0n) is 7.88. The molecule has 13 heavy (non-hydrogen) atoms. The van der Waals surface area contributed by atoms with Crippen LogP contribution < -0.4 is 5.14 Å². The summed E-state index contributed by atoms with van der Waals surface area (Å²) in [5.74, 6) is 0. The molecule has 1 radical (unpaired) electrons. The maximum Gasteiger partial charge on any atom is 0.254 e. The molecule has 0 heterocycles. The summed E-state index contributed by atoms with van der Waals surface area (Å²) >= 11 is 0. The number of nitrogens with one attached hydrogen (secondary N) is 1. The fraction of sp³-hybridized carbons (Fsp3) is 0.333. The van der Waals surface area contributed by atoms with Gasteiger partial charge >= 0.3 is 0 Å². The summed E-state index contributed by atoms with van der Waals surface area (Å²) < 4.78 is 21.8.